The highest BCUT2D eigenvalue weighted by Gasteiger charge is 2.25. The third-order valence-electron chi connectivity index (χ3n) is 4.92. The Morgan fingerprint density at radius 3 is 2.46 bits per heavy atom. The molecule has 5 rings (SSSR count). The summed E-state index contributed by atoms with van der Waals surface area (Å²) in [6, 6.07) is 25.7. The van der Waals surface area contributed by atoms with Gasteiger partial charge in [0, 0.05) is 21.0 Å². The van der Waals surface area contributed by atoms with Crippen molar-refractivity contribution in [2.75, 3.05) is 0 Å². The van der Waals surface area contributed by atoms with E-state index in [-0.39, 0.29) is 0 Å². The minimum Gasteiger partial charge on any atom is -0.247 e. The van der Waals surface area contributed by atoms with E-state index < -0.39 is 0 Å². The van der Waals surface area contributed by atoms with Crippen LogP contribution in [-0.4, -0.2) is 4.98 Å². The molecule has 3 aromatic carbocycles. The van der Waals surface area contributed by atoms with Crippen molar-refractivity contribution in [1.82, 2.24) is 4.98 Å². The van der Waals surface area contributed by atoms with Gasteiger partial charge in [-0.2, -0.15) is 0 Å². The molecule has 0 amide bonds. The lowest BCUT2D eigenvalue weighted by atomic mass is 9.99. The van der Waals surface area contributed by atoms with Gasteiger partial charge in [-0.05, 0) is 54.0 Å². The summed E-state index contributed by atoms with van der Waals surface area (Å²) in [6.07, 6.45) is 2.27. The van der Waals surface area contributed by atoms with Crippen LogP contribution in [0.3, 0.4) is 0 Å². The second-order valence-electron chi connectivity index (χ2n) is 6.74. The van der Waals surface area contributed by atoms with Gasteiger partial charge in [0.1, 0.15) is 0 Å². The first-order valence-electron chi connectivity index (χ1n) is 8.68. The van der Waals surface area contributed by atoms with Gasteiger partial charge in [-0.3, -0.25) is 0 Å². The van der Waals surface area contributed by atoms with Crippen LogP contribution in [0.5, 0.6) is 0 Å². The summed E-state index contributed by atoms with van der Waals surface area (Å²) >= 11 is 3.52. The SMILES string of the molecule is Cc1ccc2c(c1)/C(=C/c1ccc(Br)cc1)c1cc3ccccc3nc1-2. The molecule has 1 nitrogen and oxygen atoms in total. The van der Waals surface area contributed by atoms with Gasteiger partial charge in [0.05, 0.1) is 11.2 Å². The maximum absolute atomic E-state index is 4.98. The fraction of sp³-hybridized carbons (Fsp3) is 0.0417. The molecule has 0 bridgehead atoms. The number of hydrogen-bond acceptors (Lipinski definition) is 1. The molecule has 0 atom stereocenters. The Morgan fingerprint density at radius 2 is 1.62 bits per heavy atom. The van der Waals surface area contributed by atoms with E-state index in [4.69, 9.17) is 4.98 Å². The van der Waals surface area contributed by atoms with E-state index in [0.717, 1.165) is 15.7 Å². The molecular weight excluding hydrogens is 382 g/mol. The summed E-state index contributed by atoms with van der Waals surface area (Å²) < 4.78 is 1.09. The first kappa shape index (κ1) is 15.5. The highest BCUT2D eigenvalue weighted by Crippen LogP contribution is 2.45. The van der Waals surface area contributed by atoms with Crippen LogP contribution in [0.25, 0.3) is 33.8 Å². The van der Waals surface area contributed by atoms with Gasteiger partial charge in [0.2, 0.25) is 0 Å². The van der Waals surface area contributed by atoms with E-state index in [2.05, 4.69) is 95.7 Å². The van der Waals surface area contributed by atoms with Crippen LogP contribution < -0.4 is 0 Å². The molecule has 0 aliphatic heterocycles. The molecule has 0 spiro atoms. The van der Waals surface area contributed by atoms with E-state index in [1.54, 1.807) is 0 Å². The molecule has 1 aliphatic rings. The number of rotatable bonds is 1. The van der Waals surface area contributed by atoms with Crippen LogP contribution in [-0.2, 0) is 0 Å². The number of fused-ring (bicyclic) bond motifs is 4. The predicted octanol–water partition coefficient (Wildman–Crippen LogP) is 6.88. The van der Waals surface area contributed by atoms with Crippen LogP contribution in [0.2, 0.25) is 0 Å². The molecule has 1 aliphatic carbocycles. The van der Waals surface area contributed by atoms with Gasteiger partial charge in [-0.15, -0.1) is 0 Å². The van der Waals surface area contributed by atoms with Crippen LogP contribution in [0.4, 0.5) is 0 Å². The lowest BCUT2D eigenvalue weighted by Crippen LogP contribution is -1.87. The molecule has 0 fully saturated rings. The monoisotopic (exact) mass is 397 g/mol. The average molecular weight is 398 g/mol. The zero-order valence-electron chi connectivity index (χ0n) is 14.3. The first-order chi connectivity index (χ1) is 12.7. The smallest absolute Gasteiger partial charge is 0.0794 e. The number of para-hydroxylation sites is 1. The molecule has 124 valence electrons. The quantitative estimate of drug-likeness (QED) is 0.300. The largest absolute Gasteiger partial charge is 0.247 e. The Balaban J connectivity index is 1.81. The van der Waals surface area contributed by atoms with Crippen molar-refractivity contribution in [2.45, 2.75) is 6.92 Å². The minimum atomic E-state index is 1.04. The zero-order chi connectivity index (χ0) is 17.7. The Hall–Kier alpha value is -2.71. The third kappa shape index (κ3) is 2.49. The van der Waals surface area contributed by atoms with Crippen molar-refractivity contribution >= 4 is 38.5 Å². The summed E-state index contributed by atoms with van der Waals surface area (Å²) in [5, 5.41) is 1.18. The van der Waals surface area contributed by atoms with Gasteiger partial charge < -0.3 is 0 Å². The average Bonchev–Trinajstić information content (AvgIpc) is 2.94. The Morgan fingerprint density at radius 1 is 0.808 bits per heavy atom. The highest BCUT2D eigenvalue weighted by molar-refractivity contribution is 9.10. The summed E-state index contributed by atoms with van der Waals surface area (Å²) in [7, 11) is 0. The third-order valence-corrected chi connectivity index (χ3v) is 5.44. The second-order valence-corrected chi connectivity index (χ2v) is 7.65. The molecule has 0 N–H and O–H groups in total. The predicted molar refractivity (Wildman–Crippen MR) is 113 cm³/mol. The fourth-order valence-corrected chi connectivity index (χ4v) is 3.90. The number of benzene rings is 3. The van der Waals surface area contributed by atoms with E-state index in [0.29, 0.717) is 0 Å². The Bertz CT molecular complexity index is 1190. The molecule has 0 unspecified atom stereocenters. The number of aromatic nitrogens is 1. The molecule has 1 aromatic heterocycles. The van der Waals surface area contributed by atoms with E-state index in [1.807, 2.05) is 6.07 Å². The van der Waals surface area contributed by atoms with Crippen molar-refractivity contribution in [3.05, 3.63) is 99.5 Å². The standard InChI is InChI=1S/C24H16BrN/c1-15-6-11-19-20(12-15)21(13-16-7-9-18(25)10-8-16)22-14-17-4-2-3-5-23(17)26-24(19)22/h2-14H,1H3/b21-13-. The van der Waals surface area contributed by atoms with Crippen LogP contribution in [0.1, 0.15) is 22.3 Å². The second kappa shape index (κ2) is 5.93. The van der Waals surface area contributed by atoms with Crippen molar-refractivity contribution in [1.29, 1.82) is 0 Å². The molecule has 0 saturated carbocycles. The Labute approximate surface area is 161 Å². The molecule has 2 heteroatoms. The van der Waals surface area contributed by atoms with Crippen molar-refractivity contribution in [3.63, 3.8) is 0 Å². The van der Waals surface area contributed by atoms with Crippen LogP contribution >= 0.6 is 15.9 Å². The maximum Gasteiger partial charge on any atom is 0.0794 e. The lowest BCUT2D eigenvalue weighted by molar-refractivity contribution is 1.39. The number of pyridine rings is 1. The molecule has 0 radical (unpaired) electrons. The summed E-state index contributed by atoms with van der Waals surface area (Å²) in [6.45, 7) is 2.14. The maximum atomic E-state index is 4.98. The van der Waals surface area contributed by atoms with Crippen LogP contribution in [0, 0.1) is 6.92 Å². The molecule has 26 heavy (non-hydrogen) atoms. The van der Waals surface area contributed by atoms with Crippen molar-refractivity contribution in [2.24, 2.45) is 0 Å². The molecular formula is C24H16BrN. The summed E-state index contributed by atoms with van der Waals surface area (Å²) in [4.78, 5) is 4.98. The summed E-state index contributed by atoms with van der Waals surface area (Å²) in [5.41, 5.74) is 9.54. The zero-order valence-corrected chi connectivity index (χ0v) is 15.9. The fourth-order valence-electron chi connectivity index (χ4n) is 3.64. The lowest BCUT2D eigenvalue weighted by Gasteiger charge is -2.05. The van der Waals surface area contributed by atoms with E-state index in [9.17, 15) is 0 Å². The first-order valence-corrected chi connectivity index (χ1v) is 9.47. The molecule has 1 heterocycles. The highest BCUT2D eigenvalue weighted by atomic mass is 79.9. The van der Waals surface area contributed by atoms with E-state index >= 15 is 0 Å². The van der Waals surface area contributed by atoms with E-state index in [1.165, 1.54) is 38.8 Å². The molecule has 4 aromatic rings. The minimum absolute atomic E-state index is 1.04. The van der Waals surface area contributed by atoms with Gasteiger partial charge in [0.25, 0.3) is 0 Å². The number of hydrogen-bond donors (Lipinski definition) is 0. The number of aryl methyl sites for hydroxylation is 1. The molecule has 0 saturated heterocycles. The van der Waals surface area contributed by atoms with Gasteiger partial charge in [-0.1, -0.05) is 70.0 Å². The number of nitrogens with zero attached hydrogens (tertiary/aromatic N) is 1. The van der Waals surface area contributed by atoms with Gasteiger partial charge in [0.15, 0.2) is 0 Å². The number of halogens is 1. The van der Waals surface area contributed by atoms with Crippen molar-refractivity contribution < 1.29 is 0 Å². The van der Waals surface area contributed by atoms with Crippen molar-refractivity contribution in [3.8, 4) is 11.3 Å². The van der Waals surface area contributed by atoms with Crippen LogP contribution in [0.15, 0.2) is 77.3 Å². The summed E-state index contributed by atoms with van der Waals surface area (Å²) in [5.74, 6) is 0. The van der Waals surface area contributed by atoms with Gasteiger partial charge in [-0.25, -0.2) is 4.98 Å². The van der Waals surface area contributed by atoms with Gasteiger partial charge >= 0.3 is 0 Å². The topological polar surface area (TPSA) is 12.9 Å². The normalized spacial score (nSPS) is 13.8. The Kier molecular flexibility index (Phi) is 3.54.